The van der Waals surface area contributed by atoms with Crippen molar-refractivity contribution in [2.45, 2.75) is 39.7 Å². The largest absolute Gasteiger partial charge is 0.462 e. The van der Waals surface area contributed by atoms with E-state index in [2.05, 4.69) is 56.9 Å². The van der Waals surface area contributed by atoms with Crippen LogP contribution in [0.1, 0.15) is 48.3 Å². The predicted molar refractivity (Wildman–Crippen MR) is 121 cm³/mol. The van der Waals surface area contributed by atoms with Crippen LogP contribution >= 0.6 is 0 Å². The number of esters is 1. The van der Waals surface area contributed by atoms with E-state index < -0.39 is 0 Å². The highest BCUT2D eigenvalue weighted by Gasteiger charge is 2.19. The van der Waals surface area contributed by atoms with Crippen LogP contribution < -0.4 is 0 Å². The summed E-state index contributed by atoms with van der Waals surface area (Å²) in [5.41, 5.74) is 5.51. The Hall–Kier alpha value is -3.81. The van der Waals surface area contributed by atoms with Gasteiger partial charge in [-0.25, -0.2) is 4.79 Å². The molecule has 0 bridgehead atoms. The first-order valence-corrected chi connectivity index (χ1v) is 10.8. The van der Waals surface area contributed by atoms with E-state index in [9.17, 15) is 4.79 Å². The zero-order valence-electron chi connectivity index (χ0n) is 18.3. The molecule has 0 aliphatic carbocycles. The van der Waals surface area contributed by atoms with Crippen LogP contribution in [0.4, 0.5) is 0 Å². The van der Waals surface area contributed by atoms with Crippen molar-refractivity contribution in [3.8, 4) is 22.5 Å². The molecule has 164 valence electrons. The molecule has 2 heterocycles. The fourth-order valence-electron chi connectivity index (χ4n) is 3.68. The summed E-state index contributed by atoms with van der Waals surface area (Å²) < 4.78 is 7.16. The molecule has 0 radical (unpaired) electrons. The minimum absolute atomic E-state index is 0.323. The smallest absolute Gasteiger partial charge is 0.341 e. The molecule has 0 atom stereocenters. The quantitative estimate of drug-likeness (QED) is 0.398. The maximum atomic E-state index is 12.4. The number of H-pyrrole nitrogens is 1. The van der Waals surface area contributed by atoms with Gasteiger partial charge in [0.1, 0.15) is 5.56 Å². The molecule has 0 amide bonds. The summed E-state index contributed by atoms with van der Waals surface area (Å²) in [6.07, 6.45) is 4.29. The summed E-state index contributed by atoms with van der Waals surface area (Å²) in [4.78, 5) is 12.4. The van der Waals surface area contributed by atoms with Gasteiger partial charge in [0.05, 0.1) is 18.5 Å². The van der Waals surface area contributed by atoms with Gasteiger partial charge in [0.15, 0.2) is 0 Å². The number of benzene rings is 2. The van der Waals surface area contributed by atoms with Gasteiger partial charge in [-0.15, -0.1) is 10.2 Å². The van der Waals surface area contributed by atoms with E-state index in [1.165, 1.54) is 0 Å². The summed E-state index contributed by atoms with van der Waals surface area (Å²) in [6, 6.07) is 16.3. The van der Waals surface area contributed by atoms with E-state index in [1.54, 1.807) is 6.20 Å². The molecule has 0 unspecified atom stereocenters. The summed E-state index contributed by atoms with van der Waals surface area (Å²) in [5, 5.41) is 18.9. The average molecular weight is 431 g/mol. The van der Waals surface area contributed by atoms with Crippen LogP contribution in [-0.4, -0.2) is 43.0 Å². The number of nitrogens with one attached hydrogen (secondary N) is 1. The van der Waals surface area contributed by atoms with Crippen LogP contribution in [0.25, 0.3) is 22.5 Å². The van der Waals surface area contributed by atoms with Crippen molar-refractivity contribution in [3.63, 3.8) is 0 Å². The maximum Gasteiger partial charge on any atom is 0.341 e. The molecule has 1 N–H and O–H groups in total. The van der Waals surface area contributed by atoms with Crippen molar-refractivity contribution in [2.24, 2.45) is 0 Å². The van der Waals surface area contributed by atoms with E-state index in [4.69, 9.17) is 4.74 Å². The number of hydrogen-bond donors (Lipinski definition) is 1. The number of aromatic amines is 1. The molecule has 0 aliphatic heterocycles. The highest BCUT2D eigenvalue weighted by Crippen LogP contribution is 2.30. The Bertz CT molecular complexity index is 1170. The number of unbranched alkanes of at least 4 members (excludes halogenated alkanes) is 1. The van der Waals surface area contributed by atoms with Gasteiger partial charge in [-0.2, -0.15) is 10.3 Å². The Morgan fingerprint density at radius 3 is 2.53 bits per heavy atom. The number of tetrazole rings is 1. The van der Waals surface area contributed by atoms with E-state index in [1.807, 2.05) is 35.9 Å². The van der Waals surface area contributed by atoms with Crippen LogP contribution in [0.3, 0.4) is 0 Å². The van der Waals surface area contributed by atoms with E-state index in [0.717, 1.165) is 47.3 Å². The predicted octanol–water partition coefficient (Wildman–Crippen LogP) is 4.30. The van der Waals surface area contributed by atoms with Gasteiger partial charge in [-0.1, -0.05) is 61.9 Å². The fourth-order valence-corrected chi connectivity index (χ4v) is 3.68. The van der Waals surface area contributed by atoms with E-state index >= 15 is 0 Å². The summed E-state index contributed by atoms with van der Waals surface area (Å²) in [6.45, 7) is 5.07. The lowest BCUT2D eigenvalue weighted by atomic mass is 9.97. The maximum absolute atomic E-state index is 12.4. The molecule has 2 aromatic carbocycles. The minimum atomic E-state index is -0.323. The van der Waals surface area contributed by atoms with Gasteiger partial charge in [-0.3, -0.25) is 4.68 Å². The first-order valence-electron chi connectivity index (χ1n) is 10.8. The first-order chi connectivity index (χ1) is 15.7. The van der Waals surface area contributed by atoms with Crippen LogP contribution in [0.5, 0.6) is 0 Å². The van der Waals surface area contributed by atoms with Crippen molar-refractivity contribution >= 4 is 5.97 Å². The van der Waals surface area contributed by atoms with Gasteiger partial charge in [0.25, 0.3) is 0 Å². The topological polar surface area (TPSA) is 98.6 Å². The highest BCUT2D eigenvalue weighted by molar-refractivity contribution is 5.90. The van der Waals surface area contributed by atoms with Crippen LogP contribution in [0.2, 0.25) is 0 Å². The monoisotopic (exact) mass is 430 g/mol. The molecule has 2 aromatic heterocycles. The third-order valence-electron chi connectivity index (χ3n) is 5.32. The average Bonchev–Trinajstić information content (AvgIpc) is 3.49. The molecular formula is C24H26N6O2. The second kappa shape index (κ2) is 10.00. The molecule has 8 heteroatoms. The zero-order valence-corrected chi connectivity index (χ0v) is 18.3. The Labute approximate surface area is 186 Å². The lowest BCUT2D eigenvalue weighted by Gasteiger charge is -2.11. The zero-order chi connectivity index (χ0) is 22.3. The van der Waals surface area contributed by atoms with Crippen molar-refractivity contribution in [3.05, 3.63) is 71.5 Å². The molecule has 0 saturated heterocycles. The highest BCUT2D eigenvalue weighted by atomic mass is 16.5. The number of aromatic nitrogens is 6. The second-order valence-corrected chi connectivity index (χ2v) is 7.46. The van der Waals surface area contributed by atoms with Gasteiger partial charge in [0.2, 0.25) is 5.82 Å². The van der Waals surface area contributed by atoms with Crippen molar-refractivity contribution < 1.29 is 9.53 Å². The Kier molecular flexibility index (Phi) is 6.69. The van der Waals surface area contributed by atoms with Crippen LogP contribution in [0.15, 0.2) is 54.7 Å². The van der Waals surface area contributed by atoms with Crippen LogP contribution in [-0.2, 0) is 17.7 Å². The number of carbonyl (C=O) groups excluding carboxylic acids is 1. The SMILES string of the molecule is CCCCn1ncc(C(=O)OCC)c1Cc1ccc(-c2ccccc2-c2nn[nH]n2)cc1. The summed E-state index contributed by atoms with van der Waals surface area (Å²) in [5.74, 6) is 0.236. The summed E-state index contributed by atoms with van der Waals surface area (Å²) >= 11 is 0. The third kappa shape index (κ3) is 4.59. The molecule has 0 saturated carbocycles. The lowest BCUT2D eigenvalue weighted by molar-refractivity contribution is 0.0525. The molecule has 0 fully saturated rings. The van der Waals surface area contributed by atoms with E-state index in [0.29, 0.717) is 24.4 Å². The molecule has 4 rings (SSSR count). The van der Waals surface area contributed by atoms with Crippen molar-refractivity contribution in [1.29, 1.82) is 0 Å². The third-order valence-corrected chi connectivity index (χ3v) is 5.32. The fraction of sp³-hybridized carbons (Fsp3) is 0.292. The van der Waals surface area contributed by atoms with E-state index in [-0.39, 0.29) is 5.97 Å². The number of ether oxygens (including phenoxy) is 1. The van der Waals surface area contributed by atoms with Gasteiger partial charge in [-0.05, 0) is 35.2 Å². The number of aryl methyl sites for hydroxylation is 1. The van der Waals surface area contributed by atoms with Crippen molar-refractivity contribution in [2.75, 3.05) is 6.61 Å². The molecule has 8 nitrogen and oxygen atoms in total. The summed E-state index contributed by atoms with van der Waals surface area (Å²) in [7, 11) is 0. The number of carbonyl (C=O) groups is 1. The minimum Gasteiger partial charge on any atom is -0.462 e. The first kappa shape index (κ1) is 21.4. The molecule has 0 aliphatic rings. The standard InChI is InChI=1S/C24H26N6O2/c1-3-5-14-30-22(21(16-25-30)24(31)32-4-2)15-17-10-12-18(13-11-17)19-8-6-7-9-20(19)23-26-28-29-27-23/h6-13,16H,3-5,14-15H2,1-2H3,(H,26,27,28,29). The Morgan fingerprint density at radius 1 is 1.06 bits per heavy atom. The van der Waals surface area contributed by atoms with Gasteiger partial charge >= 0.3 is 5.97 Å². The number of hydrogen-bond acceptors (Lipinski definition) is 6. The van der Waals surface area contributed by atoms with Crippen molar-refractivity contribution in [1.82, 2.24) is 30.4 Å². The molecule has 4 aromatic rings. The van der Waals surface area contributed by atoms with Gasteiger partial charge in [0, 0.05) is 18.5 Å². The van der Waals surface area contributed by atoms with Gasteiger partial charge < -0.3 is 4.74 Å². The number of rotatable bonds is 9. The van der Waals surface area contributed by atoms with Crippen LogP contribution in [0, 0.1) is 0 Å². The lowest BCUT2D eigenvalue weighted by Crippen LogP contribution is -2.11. The number of nitrogens with zero attached hydrogens (tertiary/aromatic N) is 5. The molecular weight excluding hydrogens is 404 g/mol. The second-order valence-electron chi connectivity index (χ2n) is 7.46. The normalized spacial score (nSPS) is 10.9. The molecule has 0 spiro atoms. The Morgan fingerprint density at radius 2 is 1.84 bits per heavy atom. The molecule has 32 heavy (non-hydrogen) atoms. The Balaban J connectivity index is 1.62.